The first-order chi connectivity index (χ1) is 30.2. The largest absolute Gasteiger partial charge is 0.311 e. The predicted molar refractivity (Wildman–Crippen MR) is 271 cm³/mol. The van der Waals surface area contributed by atoms with E-state index in [1.807, 2.05) is 0 Å². The van der Waals surface area contributed by atoms with Gasteiger partial charge < -0.3 is 9.80 Å². The molecule has 63 heavy (non-hydrogen) atoms. The van der Waals surface area contributed by atoms with E-state index < -0.39 is 0 Å². The fourth-order valence-corrected chi connectivity index (χ4v) is 10.9. The van der Waals surface area contributed by atoms with E-state index in [-0.39, 0.29) is 23.0 Å². The summed E-state index contributed by atoms with van der Waals surface area (Å²) in [5.41, 5.74) is 25.7. The zero-order valence-corrected chi connectivity index (χ0v) is 38.1. The van der Waals surface area contributed by atoms with Crippen molar-refractivity contribution in [1.82, 2.24) is 0 Å². The molecule has 2 heterocycles. The molecular weight excluding hydrogens is 759 g/mol. The highest BCUT2D eigenvalue weighted by Crippen LogP contribution is 2.52. The van der Waals surface area contributed by atoms with Crippen molar-refractivity contribution in [2.24, 2.45) is 0 Å². The summed E-state index contributed by atoms with van der Waals surface area (Å²) in [5, 5.41) is 0. The van der Waals surface area contributed by atoms with E-state index in [4.69, 9.17) is 0 Å². The lowest BCUT2D eigenvalue weighted by Crippen LogP contribution is -2.61. The summed E-state index contributed by atoms with van der Waals surface area (Å²) in [6.45, 7) is 21.1. The third kappa shape index (κ3) is 6.15. The van der Waals surface area contributed by atoms with Crippen LogP contribution in [0.5, 0.6) is 0 Å². The van der Waals surface area contributed by atoms with Crippen LogP contribution < -0.4 is 26.2 Å². The van der Waals surface area contributed by atoms with E-state index >= 15 is 0 Å². The lowest BCUT2D eigenvalue weighted by molar-refractivity contribution is 0.590. The summed E-state index contributed by atoms with van der Waals surface area (Å²) in [6, 6.07) is 64.5. The molecule has 3 heteroatoms. The number of fused-ring (bicyclic) bond motifs is 7. The van der Waals surface area contributed by atoms with Gasteiger partial charge in [-0.2, -0.15) is 0 Å². The van der Waals surface area contributed by atoms with E-state index in [0.717, 1.165) is 11.4 Å². The molecule has 0 N–H and O–H groups in total. The average Bonchev–Trinajstić information content (AvgIpc) is 3.51. The molecule has 8 aromatic rings. The summed E-state index contributed by atoms with van der Waals surface area (Å²) in [4.78, 5) is 5.09. The minimum absolute atomic E-state index is 0.0111. The van der Waals surface area contributed by atoms with Gasteiger partial charge >= 0.3 is 0 Å². The molecule has 0 spiro atoms. The summed E-state index contributed by atoms with van der Waals surface area (Å²) >= 11 is 0. The van der Waals surface area contributed by atoms with Gasteiger partial charge in [-0.25, -0.2) is 0 Å². The molecule has 0 radical (unpaired) electrons. The van der Waals surface area contributed by atoms with Crippen molar-refractivity contribution in [1.29, 1.82) is 0 Å². The summed E-state index contributed by atoms with van der Waals surface area (Å²) in [7, 11) is 0. The number of nitrogens with zero attached hydrogens (tertiary/aromatic N) is 2. The van der Waals surface area contributed by atoms with Crippen molar-refractivity contribution >= 4 is 57.2 Å². The molecule has 308 valence electrons. The van der Waals surface area contributed by atoms with Gasteiger partial charge in [0.25, 0.3) is 6.71 Å². The Balaban J connectivity index is 1.12. The number of rotatable bonds is 4. The molecule has 0 aromatic heterocycles. The third-order valence-electron chi connectivity index (χ3n) is 14.2. The lowest BCUT2D eigenvalue weighted by Gasteiger charge is -2.45. The molecule has 0 amide bonds. The fourth-order valence-electron chi connectivity index (χ4n) is 10.9. The van der Waals surface area contributed by atoms with Crippen molar-refractivity contribution in [3.05, 3.63) is 198 Å². The first-order valence-corrected chi connectivity index (χ1v) is 22.7. The van der Waals surface area contributed by atoms with E-state index in [9.17, 15) is 0 Å². The number of hydrogen-bond acceptors (Lipinski definition) is 2. The van der Waals surface area contributed by atoms with Gasteiger partial charge in [0.15, 0.2) is 0 Å². The van der Waals surface area contributed by atoms with Crippen LogP contribution in [0.25, 0.3) is 33.4 Å². The molecule has 2 nitrogen and oxygen atoms in total. The third-order valence-corrected chi connectivity index (χ3v) is 14.2. The molecule has 0 saturated heterocycles. The quantitative estimate of drug-likeness (QED) is 0.163. The first-order valence-electron chi connectivity index (χ1n) is 22.7. The summed E-state index contributed by atoms with van der Waals surface area (Å²) in [6.07, 6.45) is 0. The van der Waals surface area contributed by atoms with Crippen LogP contribution in [-0.2, 0) is 16.2 Å². The van der Waals surface area contributed by atoms with Crippen molar-refractivity contribution in [3.63, 3.8) is 0 Å². The Kier molecular flexibility index (Phi) is 8.71. The van der Waals surface area contributed by atoms with E-state index in [1.54, 1.807) is 0 Å². The smallest absolute Gasteiger partial charge is 0.252 e. The van der Waals surface area contributed by atoms with Gasteiger partial charge in [-0.3, -0.25) is 0 Å². The molecule has 0 bridgehead atoms. The number of anilines is 6. The standard InChI is InChI=1S/C60H55BN2/c1-38-34-54-57-55(35-38)63(45-30-24-41(25-31-45)46-19-15-21-49-56(46)47-18-13-14-20-48(47)60(49,8)9)53-33-27-43(59(5,6)7)37-51(53)61(57)50-36-42(58(2,3)4)26-32-52(50)62(54)44-28-22-40(23-29-44)39-16-11-10-12-17-39/h10-37H,1-9H3. The van der Waals surface area contributed by atoms with E-state index in [0.29, 0.717) is 0 Å². The SMILES string of the molecule is Cc1cc2c3c(c1)N(c1ccc(-c4cccc5c4-c4ccccc4C5(C)C)cc1)c1ccc(C(C)(C)C)cc1B3c1cc(C(C)(C)C)ccc1N2c1ccc(-c2ccccc2)cc1. The Morgan fingerprint density at radius 1 is 0.429 bits per heavy atom. The Labute approximate surface area is 375 Å². The van der Waals surface area contributed by atoms with Gasteiger partial charge in [0.05, 0.1) is 0 Å². The number of hydrogen-bond donors (Lipinski definition) is 0. The van der Waals surface area contributed by atoms with Gasteiger partial charge in [-0.15, -0.1) is 0 Å². The van der Waals surface area contributed by atoms with E-state index in [2.05, 4.69) is 242 Å². The topological polar surface area (TPSA) is 6.48 Å². The highest BCUT2D eigenvalue weighted by molar-refractivity contribution is 7.00. The Bertz CT molecular complexity index is 3110. The van der Waals surface area contributed by atoms with Crippen molar-refractivity contribution in [3.8, 4) is 33.4 Å². The molecule has 0 atom stereocenters. The normalized spacial score (nSPS) is 14.5. The van der Waals surface area contributed by atoms with Crippen LogP contribution in [-0.4, -0.2) is 6.71 Å². The van der Waals surface area contributed by atoms with Gasteiger partial charge in [0.2, 0.25) is 0 Å². The Hall–Kier alpha value is -6.58. The second kappa shape index (κ2) is 14.0. The molecule has 0 fully saturated rings. The van der Waals surface area contributed by atoms with Crippen molar-refractivity contribution < 1.29 is 0 Å². The zero-order chi connectivity index (χ0) is 43.6. The molecule has 11 rings (SSSR count). The van der Waals surface area contributed by atoms with Crippen molar-refractivity contribution in [2.75, 3.05) is 9.80 Å². The van der Waals surface area contributed by atoms with Crippen LogP contribution in [0.2, 0.25) is 0 Å². The summed E-state index contributed by atoms with van der Waals surface area (Å²) in [5.74, 6) is 0. The van der Waals surface area contributed by atoms with Crippen LogP contribution >= 0.6 is 0 Å². The second-order valence-corrected chi connectivity index (χ2v) is 20.7. The van der Waals surface area contributed by atoms with Crippen LogP contribution in [0.15, 0.2) is 170 Å². The van der Waals surface area contributed by atoms with Gasteiger partial charge in [0.1, 0.15) is 0 Å². The van der Waals surface area contributed by atoms with Gasteiger partial charge in [-0.1, -0.05) is 177 Å². The number of benzene rings is 8. The fraction of sp³-hybridized carbons (Fsp3) is 0.200. The molecule has 1 aliphatic carbocycles. The minimum Gasteiger partial charge on any atom is -0.311 e. The Morgan fingerprint density at radius 2 is 0.905 bits per heavy atom. The highest BCUT2D eigenvalue weighted by Gasteiger charge is 2.44. The molecule has 2 aliphatic heterocycles. The minimum atomic E-state index is -0.0455. The predicted octanol–water partition coefficient (Wildman–Crippen LogP) is 14.3. The van der Waals surface area contributed by atoms with Crippen LogP contribution in [0.4, 0.5) is 34.1 Å². The molecular formula is C60H55BN2. The maximum absolute atomic E-state index is 2.55. The number of aryl methyl sites for hydroxylation is 1. The van der Waals surface area contributed by atoms with Crippen LogP contribution in [0.3, 0.4) is 0 Å². The molecule has 0 saturated carbocycles. The maximum atomic E-state index is 2.55. The average molecular weight is 815 g/mol. The summed E-state index contributed by atoms with van der Waals surface area (Å²) < 4.78 is 0. The molecule has 3 aliphatic rings. The van der Waals surface area contributed by atoms with Crippen LogP contribution in [0, 0.1) is 6.92 Å². The molecule has 8 aromatic carbocycles. The Morgan fingerprint density at radius 3 is 1.46 bits per heavy atom. The van der Waals surface area contributed by atoms with Gasteiger partial charge in [0, 0.05) is 39.5 Å². The van der Waals surface area contributed by atoms with E-state index in [1.165, 1.54) is 100 Å². The zero-order valence-electron chi connectivity index (χ0n) is 38.1. The monoisotopic (exact) mass is 814 g/mol. The lowest BCUT2D eigenvalue weighted by atomic mass is 9.33. The second-order valence-electron chi connectivity index (χ2n) is 20.7. The highest BCUT2D eigenvalue weighted by atomic mass is 15.2. The van der Waals surface area contributed by atoms with Gasteiger partial charge in [-0.05, 0) is 144 Å². The van der Waals surface area contributed by atoms with Crippen LogP contribution in [0.1, 0.15) is 83.2 Å². The molecule has 0 unspecified atom stereocenters. The van der Waals surface area contributed by atoms with Crippen molar-refractivity contribution in [2.45, 2.75) is 78.6 Å². The maximum Gasteiger partial charge on any atom is 0.252 e. The first kappa shape index (κ1) is 39.3.